The third-order valence-corrected chi connectivity index (χ3v) is 2.59. The summed E-state index contributed by atoms with van der Waals surface area (Å²) in [7, 11) is 0. The van der Waals surface area contributed by atoms with E-state index in [1.54, 1.807) is 0 Å². The number of hydrogen-bond donors (Lipinski definition) is 0. The van der Waals surface area contributed by atoms with Gasteiger partial charge in [-0.25, -0.2) is 4.79 Å². The molecule has 0 spiro atoms. The minimum atomic E-state index is -0.505. The average molecular weight is 228 g/mol. The second kappa shape index (κ2) is 6.04. The van der Waals surface area contributed by atoms with Crippen molar-refractivity contribution in [3.8, 4) is 0 Å². The summed E-state index contributed by atoms with van der Waals surface area (Å²) in [6, 6.07) is 0. The lowest BCUT2D eigenvalue weighted by molar-refractivity contribution is -0.152. The Morgan fingerprint density at radius 1 is 1.25 bits per heavy atom. The Balaban J connectivity index is 4.00. The largest absolute Gasteiger partial charge is 0.456 e. The van der Waals surface area contributed by atoms with Crippen molar-refractivity contribution in [1.82, 2.24) is 0 Å². The van der Waals surface area contributed by atoms with Gasteiger partial charge in [0, 0.05) is 12.5 Å². The lowest BCUT2D eigenvalue weighted by Crippen LogP contribution is -2.31. The molecule has 0 aliphatic heterocycles. The first-order valence-corrected chi connectivity index (χ1v) is 5.72. The number of esters is 1. The molecule has 0 aromatic heterocycles. The normalized spacial score (nSPS) is 12.3. The van der Waals surface area contributed by atoms with Gasteiger partial charge in [0.05, 0.1) is 12.2 Å². The number of rotatable bonds is 7. The van der Waals surface area contributed by atoms with Gasteiger partial charge in [-0.3, -0.25) is 0 Å². The van der Waals surface area contributed by atoms with Crippen LogP contribution in [0.1, 0.15) is 47.5 Å². The molecule has 0 N–H and O–H groups in total. The van der Waals surface area contributed by atoms with Gasteiger partial charge in [-0.05, 0) is 34.1 Å². The molecule has 0 radical (unpaired) electrons. The molecule has 0 amide bonds. The number of carbonyl (C=O) groups is 1. The van der Waals surface area contributed by atoms with Crippen LogP contribution >= 0.6 is 0 Å². The summed E-state index contributed by atoms with van der Waals surface area (Å²) in [6.45, 7) is 13.9. The van der Waals surface area contributed by atoms with Crippen molar-refractivity contribution in [1.29, 1.82) is 0 Å². The molecule has 0 atom stereocenters. The lowest BCUT2D eigenvalue weighted by Gasteiger charge is -2.28. The monoisotopic (exact) mass is 228 g/mol. The highest BCUT2D eigenvalue weighted by atomic mass is 16.6. The Morgan fingerprint density at radius 2 is 1.81 bits per heavy atom. The smallest absolute Gasteiger partial charge is 0.330 e. The Bertz CT molecular complexity index is 242. The summed E-state index contributed by atoms with van der Waals surface area (Å²) in [5.74, 6) is -0.389. The van der Waals surface area contributed by atoms with E-state index in [4.69, 9.17) is 9.47 Å². The first-order valence-electron chi connectivity index (χ1n) is 5.72. The molecule has 16 heavy (non-hydrogen) atoms. The van der Waals surface area contributed by atoms with Crippen LogP contribution in [0, 0.1) is 0 Å². The molecule has 0 unspecified atom stereocenters. The van der Waals surface area contributed by atoms with Crippen LogP contribution in [-0.4, -0.2) is 23.8 Å². The maximum absolute atomic E-state index is 11.1. The molecule has 0 heterocycles. The van der Waals surface area contributed by atoms with Gasteiger partial charge in [0.15, 0.2) is 0 Å². The van der Waals surface area contributed by atoms with Gasteiger partial charge in [-0.1, -0.05) is 13.5 Å². The summed E-state index contributed by atoms with van der Waals surface area (Å²) in [5.41, 5.74) is -0.617. The third-order valence-electron chi connectivity index (χ3n) is 2.59. The molecule has 94 valence electrons. The molecule has 0 aliphatic rings. The Labute approximate surface area is 98.8 Å². The minimum absolute atomic E-state index is 0.113. The first-order chi connectivity index (χ1) is 7.22. The predicted octanol–water partition coefficient (Wildman–Crippen LogP) is 3.09. The topological polar surface area (TPSA) is 35.5 Å². The van der Waals surface area contributed by atoms with E-state index in [0.717, 1.165) is 6.42 Å². The number of carbonyl (C=O) groups excluding carboxylic acids is 1. The van der Waals surface area contributed by atoms with Gasteiger partial charge in [0.2, 0.25) is 0 Å². The number of ether oxygens (including phenoxy) is 2. The second-order valence-corrected chi connectivity index (χ2v) is 5.10. The highest BCUT2D eigenvalue weighted by Gasteiger charge is 2.23. The van der Waals surface area contributed by atoms with Gasteiger partial charge in [-0.2, -0.15) is 0 Å². The quantitative estimate of drug-likeness (QED) is 0.496. The Kier molecular flexibility index (Phi) is 5.73. The fourth-order valence-corrected chi connectivity index (χ4v) is 1.04. The van der Waals surface area contributed by atoms with Crippen molar-refractivity contribution in [2.45, 2.75) is 58.7 Å². The van der Waals surface area contributed by atoms with Crippen LogP contribution < -0.4 is 0 Å². The zero-order valence-corrected chi connectivity index (χ0v) is 11.1. The molecule has 0 saturated carbocycles. The van der Waals surface area contributed by atoms with E-state index in [9.17, 15) is 4.79 Å². The highest BCUT2D eigenvalue weighted by molar-refractivity contribution is 5.81. The van der Waals surface area contributed by atoms with E-state index >= 15 is 0 Å². The number of hydrogen-bond acceptors (Lipinski definition) is 3. The van der Waals surface area contributed by atoms with Crippen LogP contribution in [0.4, 0.5) is 0 Å². The van der Waals surface area contributed by atoms with E-state index in [0.29, 0.717) is 13.0 Å². The van der Waals surface area contributed by atoms with Crippen LogP contribution in [0.15, 0.2) is 12.7 Å². The van der Waals surface area contributed by atoms with Crippen molar-refractivity contribution in [3.05, 3.63) is 12.7 Å². The van der Waals surface area contributed by atoms with Crippen LogP contribution in [0.2, 0.25) is 0 Å². The van der Waals surface area contributed by atoms with Gasteiger partial charge >= 0.3 is 5.97 Å². The van der Waals surface area contributed by atoms with Gasteiger partial charge in [0.1, 0.15) is 5.60 Å². The van der Waals surface area contributed by atoms with E-state index in [2.05, 4.69) is 27.4 Å². The Morgan fingerprint density at radius 3 is 2.25 bits per heavy atom. The molecule has 3 nitrogen and oxygen atoms in total. The first kappa shape index (κ1) is 15.2. The molecule has 3 heteroatoms. The molecule has 0 bridgehead atoms. The van der Waals surface area contributed by atoms with Crippen LogP contribution in [0.5, 0.6) is 0 Å². The van der Waals surface area contributed by atoms with Crippen LogP contribution in [0.25, 0.3) is 0 Å². The second-order valence-electron chi connectivity index (χ2n) is 5.10. The molecule has 0 rings (SSSR count). The molecule has 0 aromatic carbocycles. The summed E-state index contributed by atoms with van der Waals surface area (Å²) in [5, 5.41) is 0. The molecule has 0 aromatic rings. The maximum Gasteiger partial charge on any atom is 0.330 e. The van der Waals surface area contributed by atoms with E-state index in [1.807, 2.05) is 13.8 Å². The summed E-state index contributed by atoms with van der Waals surface area (Å²) in [4.78, 5) is 11.1. The van der Waals surface area contributed by atoms with Crippen LogP contribution in [0.3, 0.4) is 0 Å². The fraction of sp³-hybridized carbons (Fsp3) is 0.769. The van der Waals surface area contributed by atoms with Crippen molar-refractivity contribution in [2.24, 2.45) is 0 Å². The summed E-state index contributed by atoms with van der Waals surface area (Å²) in [6.07, 6.45) is 2.81. The summed E-state index contributed by atoms with van der Waals surface area (Å²) < 4.78 is 10.9. The van der Waals surface area contributed by atoms with E-state index < -0.39 is 5.60 Å². The molecule has 0 aliphatic carbocycles. The Hall–Kier alpha value is -0.830. The fourth-order valence-electron chi connectivity index (χ4n) is 1.04. The third kappa shape index (κ3) is 6.62. The molecular weight excluding hydrogens is 204 g/mol. The standard InChI is InChI=1S/C13H24O3/c1-7-11(14)16-13(5,6)9-10-15-12(3,4)8-2/h7H,1,8-10H2,2-6H3. The SMILES string of the molecule is C=CC(=O)OC(C)(C)CCOC(C)(C)CC. The average Bonchev–Trinajstić information content (AvgIpc) is 2.16. The zero-order chi connectivity index (χ0) is 12.8. The molecule has 0 fully saturated rings. The summed E-state index contributed by atoms with van der Waals surface area (Å²) >= 11 is 0. The van der Waals surface area contributed by atoms with Crippen molar-refractivity contribution >= 4 is 5.97 Å². The zero-order valence-electron chi connectivity index (χ0n) is 11.1. The lowest BCUT2D eigenvalue weighted by atomic mass is 10.0. The highest BCUT2D eigenvalue weighted by Crippen LogP contribution is 2.19. The van der Waals surface area contributed by atoms with Gasteiger partial charge in [-0.15, -0.1) is 0 Å². The van der Waals surface area contributed by atoms with Crippen LogP contribution in [-0.2, 0) is 14.3 Å². The molecular formula is C13H24O3. The van der Waals surface area contributed by atoms with Crippen molar-refractivity contribution in [2.75, 3.05) is 6.61 Å². The van der Waals surface area contributed by atoms with Crippen molar-refractivity contribution < 1.29 is 14.3 Å². The van der Waals surface area contributed by atoms with Gasteiger partial charge in [0.25, 0.3) is 0 Å². The van der Waals surface area contributed by atoms with Gasteiger partial charge < -0.3 is 9.47 Å². The molecule has 0 saturated heterocycles. The predicted molar refractivity (Wildman–Crippen MR) is 65.3 cm³/mol. The van der Waals surface area contributed by atoms with E-state index in [-0.39, 0.29) is 11.6 Å². The minimum Gasteiger partial charge on any atom is -0.456 e. The maximum atomic E-state index is 11.1. The van der Waals surface area contributed by atoms with E-state index in [1.165, 1.54) is 6.08 Å². The van der Waals surface area contributed by atoms with Crippen molar-refractivity contribution in [3.63, 3.8) is 0 Å².